The highest BCUT2D eigenvalue weighted by atomic mass is 31.2. The van der Waals surface area contributed by atoms with Crippen LogP contribution in [-0.2, 0) is 16.4 Å². The zero-order chi connectivity index (χ0) is 20.2. The molecule has 0 heterocycles. The Morgan fingerprint density at radius 2 is 1.36 bits per heavy atom. The lowest BCUT2D eigenvalue weighted by molar-refractivity contribution is 0.466. The first-order valence-corrected chi connectivity index (χ1v) is 11.7. The first-order chi connectivity index (χ1) is 13.3. The summed E-state index contributed by atoms with van der Waals surface area (Å²) in [5, 5.41) is 12.1. The van der Waals surface area contributed by atoms with Crippen molar-refractivity contribution in [2.24, 2.45) is 0 Å². The van der Waals surface area contributed by atoms with E-state index in [0.29, 0.717) is 18.3 Å². The van der Waals surface area contributed by atoms with Crippen LogP contribution in [0.25, 0.3) is 0 Å². The molecular formula is C25H29O2P. The zero-order valence-electron chi connectivity index (χ0n) is 16.9. The molecule has 0 saturated heterocycles. The van der Waals surface area contributed by atoms with Gasteiger partial charge in [-0.3, -0.25) is 0 Å². The fourth-order valence-corrected chi connectivity index (χ4v) is 6.21. The van der Waals surface area contributed by atoms with Gasteiger partial charge in [-0.2, -0.15) is 0 Å². The van der Waals surface area contributed by atoms with E-state index in [1.165, 1.54) is 5.56 Å². The Bertz CT molecular complexity index is 913. The van der Waals surface area contributed by atoms with Gasteiger partial charge in [-0.15, -0.1) is 0 Å². The lowest BCUT2D eigenvalue weighted by Crippen LogP contribution is -2.18. The number of rotatable bonds is 6. The highest BCUT2D eigenvalue weighted by molar-refractivity contribution is 7.78. The molecule has 0 aliphatic rings. The van der Waals surface area contributed by atoms with Gasteiger partial charge in [0, 0.05) is 16.8 Å². The van der Waals surface area contributed by atoms with Gasteiger partial charge >= 0.3 is 0 Å². The summed E-state index contributed by atoms with van der Waals surface area (Å²) in [6.45, 7) is 6.51. The molecule has 146 valence electrons. The summed E-state index contributed by atoms with van der Waals surface area (Å²) in [5.74, 6) is 0.322. The number of benzene rings is 3. The van der Waals surface area contributed by atoms with E-state index in [-0.39, 0.29) is 5.41 Å². The quantitative estimate of drug-likeness (QED) is 0.552. The van der Waals surface area contributed by atoms with E-state index in [2.05, 4.69) is 26.8 Å². The predicted molar refractivity (Wildman–Crippen MR) is 120 cm³/mol. The minimum atomic E-state index is -2.70. The maximum atomic E-state index is 14.1. The maximum absolute atomic E-state index is 14.1. The normalized spacial score (nSPS) is 12.1. The second-order valence-electron chi connectivity index (χ2n) is 8.33. The molecule has 0 amide bonds. The molecule has 0 bridgehead atoms. The number of aryl methyl sites for hydroxylation is 1. The molecule has 0 atom stereocenters. The van der Waals surface area contributed by atoms with Crippen LogP contribution >= 0.6 is 7.14 Å². The standard InChI is InChI=1S/C25H29O2P/c1-25(2,3)21-16-17-24(26)20(19-21)11-10-18-28(27,22-12-6-4-7-13-22)23-14-8-5-9-15-23/h4-9,12-17,19,26H,10-11,18H2,1-3H3. The molecule has 2 nitrogen and oxygen atoms in total. The number of phenolic OH excluding ortho intramolecular Hbond substituents is 1. The van der Waals surface area contributed by atoms with Crippen LogP contribution < -0.4 is 10.6 Å². The van der Waals surface area contributed by atoms with Crippen molar-refractivity contribution < 1.29 is 9.67 Å². The summed E-state index contributed by atoms with van der Waals surface area (Å²) < 4.78 is 14.1. The molecular weight excluding hydrogens is 363 g/mol. The van der Waals surface area contributed by atoms with E-state index < -0.39 is 7.14 Å². The van der Waals surface area contributed by atoms with Crippen LogP contribution in [-0.4, -0.2) is 11.3 Å². The molecule has 3 heteroatoms. The van der Waals surface area contributed by atoms with Gasteiger partial charge in [-0.1, -0.05) is 93.6 Å². The molecule has 3 aromatic rings. The van der Waals surface area contributed by atoms with Crippen molar-refractivity contribution in [1.29, 1.82) is 0 Å². The molecule has 0 fully saturated rings. The molecule has 0 aliphatic heterocycles. The summed E-state index contributed by atoms with van der Waals surface area (Å²) in [6, 6.07) is 25.4. The average Bonchev–Trinajstić information content (AvgIpc) is 2.69. The summed E-state index contributed by atoms with van der Waals surface area (Å²) in [5.41, 5.74) is 2.17. The van der Waals surface area contributed by atoms with Crippen molar-refractivity contribution in [2.75, 3.05) is 6.16 Å². The fraction of sp³-hybridized carbons (Fsp3) is 0.280. The second kappa shape index (κ2) is 8.37. The van der Waals surface area contributed by atoms with Gasteiger partial charge in [-0.25, -0.2) is 0 Å². The SMILES string of the molecule is CC(C)(C)c1ccc(O)c(CCCP(=O)(c2ccccc2)c2ccccc2)c1. The van der Waals surface area contributed by atoms with Crippen LogP contribution in [0.15, 0.2) is 78.9 Å². The largest absolute Gasteiger partial charge is 0.508 e. The van der Waals surface area contributed by atoms with Crippen LogP contribution in [0.3, 0.4) is 0 Å². The highest BCUT2D eigenvalue weighted by Crippen LogP contribution is 2.44. The highest BCUT2D eigenvalue weighted by Gasteiger charge is 2.26. The molecule has 0 aromatic heterocycles. The minimum Gasteiger partial charge on any atom is -0.508 e. The monoisotopic (exact) mass is 392 g/mol. The topological polar surface area (TPSA) is 37.3 Å². The Kier molecular flexibility index (Phi) is 6.10. The van der Waals surface area contributed by atoms with Crippen molar-refractivity contribution >= 4 is 17.8 Å². The van der Waals surface area contributed by atoms with Gasteiger partial charge in [0.05, 0.1) is 0 Å². The van der Waals surface area contributed by atoms with Crippen molar-refractivity contribution in [3.8, 4) is 5.75 Å². The number of hydrogen-bond donors (Lipinski definition) is 1. The van der Waals surface area contributed by atoms with Gasteiger partial charge < -0.3 is 9.67 Å². The minimum absolute atomic E-state index is 0.0336. The summed E-state index contributed by atoms with van der Waals surface area (Å²) >= 11 is 0. The molecule has 0 saturated carbocycles. The second-order valence-corrected chi connectivity index (χ2v) is 11.3. The molecule has 3 aromatic carbocycles. The first-order valence-electron chi connectivity index (χ1n) is 9.83. The summed E-state index contributed by atoms with van der Waals surface area (Å²) in [4.78, 5) is 0. The molecule has 3 rings (SSSR count). The van der Waals surface area contributed by atoms with Gasteiger partial charge in [0.1, 0.15) is 12.9 Å². The van der Waals surface area contributed by atoms with E-state index in [9.17, 15) is 9.67 Å². The fourth-order valence-electron chi connectivity index (χ4n) is 3.49. The van der Waals surface area contributed by atoms with Gasteiger partial charge in [0.25, 0.3) is 0 Å². The number of aromatic hydroxyl groups is 1. The Labute approximate surface area is 168 Å². The van der Waals surface area contributed by atoms with Crippen LogP contribution in [0.1, 0.15) is 38.3 Å². The Morgan fingerprint density at radius 1 is 0.821 bits per heavy atom. The maximum Gasteiger partial charge on any atom is 0.143 e. The first kappa shape index (κ1) is 20.4. The lowest BCUT2D eigenvalue weighted by Gasteiger charge is -2.21. The number of hydrogen-bond acceptors (Lipinski definition) is 2. The van der Waals surface area contributed by atoms with Crippen LogP contribution in [0, 0.1) is 0 Å². The van der Waals surface area contributed by atoms with Gasteiger partial charge in [-0.05, 0) is 35.4 Å². The van der Waals surface area contributed by atoms with Gasteiger partial charge in [0.15, 0.2) is 0 Å². The van der Waals surface area contributed by atoms with E-state index in [1.807, 2.05) is 66.7 Å². The molecule has 0 spiro atoms. The predicted octanol–water partition coefficient (Wildman–Crippen LogP) is 5.64. The van der Waals surface area contributed by atoms with Crippen molar-refractivity contribution in [1.82, 2.24) is 0 Å². The Hall–Kier alpha value is -2.31. The van der Waals surface area contributed by atoms with Crippen LogP contribution in [0.5, 0.6) is 5.75 Å². The van der Waals surface area contributed by atoms with Crippen molar-refractivity contribution in [2.45, 2.75) is 39.0 Å². The molecule has 0 unspecified atom stereocenters. The Morgan fingerprint density at radius 3 is 1.86 bits per heavy atom. The summed E-state index contributed by atoms with van der Waals surface area (Å²) in [7, 11) is -2.70. The lowest BCUT2D eigenvalue weighted by atomic mass is 9.85. The van der Waals surface area contributed by atoms with Gasteiger partial charge in [0.2, 0.25) is 0 Å². The molecule has 28 heavy (non-hydrogen) atoms. The van der Waals surface area contributed by atoms with E-state index in [1.54, 1.807) is 6.07 Å². The van der Waals surface area contributed by atoms with E-state index >= 15 is 0 Å². The third kappa shape index (κ3) is 4.56. The Balaban J connectivity index is 1.84. The van der Waals surface area contributed by atoms with E-state index in [0.717, 1.165) is 22.6 Å². The van der Waals surface area contributed by atoms with Crippen molar-refractivity contribution in [3.63, 3.8) is 0 Å². The average molecular weight is 392 g/mol. The third-order valence-corrected chi connectivity index (χ3v) is 8.42. The smallest absolute Gasteiger partial charge is 0.143 e. The zero-order valence-corrected chi connectivity index (χ0v) is 17.8. The summed E-state index contributed by atoms with van der Waals surface area (Å²) in [6.07, 6.45) is 2.04. The van der Waals surface area contributed by atoms with E-state index in [4.69, 9.17) is 0 Å². The molecule has 1 N–H and O–H groups in total. The third-order valence-electron chi connectivity index (χ3n) is 5.21. The van der Waals surface area contributed by atoms with Crippen molar-refractivity contribution in [3.05, 3.63) is 90.0 Å². The van der Waals surface area contributed by atoms with Crippen LogP contribution in [0.2, 0.25) is 0 Å². The number of phenols is 1. The van der Waals surface area contributed by atoms with Crippen LogP contribution in [0.4, 0.5) is 0 Å². The molecule has 0 aliphatic carbocycles. The molecule has 0 radical (unpaired) electrons.